The topological polar surface area (TPSA) is 29.3 Å². The van der Waals surface area contributed by atoms with Crippen LogP contribution in [-0.2, 0) is 0 Å². The molecule has 1 heterocycles. The van der Waals surface area contributed by atoms with E-state index >= 15 is 0 Å². The van der Waals surface area contributed by atoms with Gasteiger partial charge in [-0.05, 0) is 12.8 Å². The SMILES string of the molecule is NC1CC(N2CCC(F)(F)C2)C1. The first kappa shape index (κ1) is 8.38. The monoisotopic (exact) mass is 176 g/mol. The van der Waals surface area contributed by atoms with Gasteiger partial charge in [-0.2, -0.15) is 0 Å². The zero-order valence-electron chi connectivity index (χ0n) is 6.97. The molecule has 1 aliphatic carbocycles. The highest BCUT2D eigenvalue weighted by Gasteiger charge is 2.43. The Morgan fingerprint density at radius 1 is 1.33 bits per heavy atom. The van der Waals surface area contributed by atoms with E-state index in [-0.39, 0.29) is 19.0 Å². The lowest BCUT2D eigenvalue weighted by molar-refractivity contribution is 0.000908. The summed E-state index contributed by atoms with van der Waals surface area (Å²) >= 11 is 0. The van der Waals surface area contributed by atoms with Crippen molar-refractivity contribution in [3.8, 4) is 0 Å². The number of halogens is 2. The number of likely N-dealkylation sites (tertiary alicyclic amines) is 1. The van der Waals surface area contributed by atoms with E-state index in [4.69, 9.17) is 5.73 Å². The number of nitrogens with two attached hydrogens (primary N) is 1. The van der Waals surface area contributed by atoms with E-state index < -0.39 is 5.92 Å². The quantitative estimate of drug-likeness (QED) is 0.640. The van der Waals surface area contributed by atoms with Crippen molar-refractivity contribution in [3.05, 3.63) is 0 Å². The second-order valence-electron chi connectivity index (χ2n) is 3.96. The summed E-state index contributed by atoms with van der Waals surface area (Å²) in [4.78, 5) is 1.88. The highest BCUT2D eigenvalue weighted by Crippen LogP contribution is 2.33. The van der Waals surface area contributed by atoms with E-state index in [1.165, 1.54) is 0 Å². The third-order valence-corrected chi connectivity index (χ3v) is 2.87. The van der Waals surface area contributed by atoms with Gasteiger partial charge in [-0.1, -0.05) is 0 Å². The first-order valence-corrected chi connectivity index (χ1v) is 4.44. The molecule has 0 atom stereocenters. The lowest BCUT2D eigenvalue weighted by atomic mass is 9.86. The first-order valence-electron chi connectivity index (χ1n) is 4.44. The van der Waals surface area contributed by atoms with Crippen molar-refractivity contribution in [3.63, 3.8) is 0 Å². The maximum Gasteiger partial charge on any atom is 0.261 e. The average Bonchev–Trinajstić information content (AvgIpc) is 2.23. The van der Waals surface area contributed by atoms with E-state index in [1.54, 1.807) is 0 Å². The first-order chi connectivity index (χ1) is 5.57. The Labute approximate surface area is 70.7 Å². The lowest BCUT2D eigenvalue weighted by Gasteiger charge is -2.39. The smallest absolute Gasteiger partial charge is 0.261 e. The van der Waals surface area contributed by atoms with Crippen LogP contribution in [0.4, 0.5) is 8.78 Å². The van der Waals surface area contributed by atoms with Crippen LogP contribution in [0.25, 0.3) is 0 Å². The van der Waals surface area contributed by atoms with Crippen molar-refractivity contribution in [1.29, 1.82) is 0 Å². The maximum absolute atomic E-state index is 12.7. The number of alkyl halides is 2. The molecule has 4 heteroatoms. The van der Waals surface area contributed by atoms with Crippen LogP contribution in [0, 0.1) is 0 Å². The molecule has 1 aliphatic heterocycles. The van der Waals surface area contributed by atoms with Crippen LogP contribution in [0.15, 0.2) is 0 Å². The molecule has 2 aliphatic rings. The van der Waals surface area contributed by atoms with Gasteiger partial charge in [0, 0.05) is 25.0 Å². The van der Waals surface area contributed by atoms with E-state index in [9.17, 15) is 8.78 Å². The van der Waals surface area contributed by atoms with Crippen LogP contribution in [0.5, 0.6) is 0 Å². The zero-order chi connectivity index (χ0) is 8.77. The minimum absolute atomic E-state index is 0.0265. The summed E-state index contributed by atoms with van der Waals surface area (Å²) in [6.07, 6.45) is 1.82. The van der Waals surface area contributed by atoms with Gasteiger partial charge in [-0.25, -0.2) is 8.78 Å². The number of hydrogen-bond donors (Lipinski definition) is 1. The molecule has 2 nitrogen and oxygen atoms in total. The lowest BCUT2D eigenvalue weighted by Crippen LogP contribution is -2.50. The number of hydrogen-bond acceptors (Lipinski definition) is 2. The molecule has 1 saturated carbocycles. The summed E-state index contributed by atoms with van der Waals surface area (Å²) in [6, 6.07) is 0.595. The molecule has 0 aromatic carbocycles. The summed E-state index contributed by atoms with van der Waals surface area (Å²) in [5.41, 5.74) is 5.59. The minimum atomic E-state index is -2.44. The Morgan fingerprint density at radius 3 is 2.42 bits per heavy atom. The van der Waals surface area contributed by atoms with Crippen LogP contribution in [-0.4, -0.2) is 36.0 Å². The van der Waals surface area contributed by atoms with Crippen molar-refractivity contribution in [2.75, 3.05) is 13.1 Å². The van der Waals surface area contributed by atoms with Crippen LogP contribution in [0.3, 0.4) is 0 Å². The van der Waals surface area contributed by atoms with Crippen LogP contribution in [0.1, 0.15) is 19.3 Å². The molecular weight excluding hydrogens is 162 g/mol. The summed E-state index contributed by atoms with van der Waals surface area (Å²) < 4.78 is 25.5. The van der Waals surface area contributed by atoms with Crippen LogP contribution < -0.4 is 5.73 Å². The van der Waals surface area contributed by atoms with E-state index in [1.807, 2.05) is 4.90 Å². The fourth-order valence-electron chi connectivity index (χ4n) is 2.00. The van der Waals surface area contributed by atoms with Gasteiger partial charge in [-0.3, -0.25) is 4.90 Å². The van der Waals surface area contributed by atoms with Crippen molar-refractivity contribution >= 4 is 0 Å². The fourth-order valence-corrected chi connectivity index (χ4v) is 2.00. The predicted molar refractivity (Wildman–Crippen MR) is 42.1 cm³/mol. The molecule has 70 valence electrons. The van der Waals surface area contributed by atoms with Gasteiger partial charge < -0.3 is 5.73 Å². The van der Waals surface area contributed by atoms with E-state index in [0.717, 1.165) is 12.8 Å². The van der Waals surface area contributed by atoms with E-state index in [2.05, 4.69) is 0 Å². The molecule has 0 bridgehead atoms. The predicted octanol–water partition coefficient (Wildman–Crippen LogP) is 0.817. The molecule has 0 aromatic heterocycles. The normalized spacial score (nSPS) is 41.2. The molecule has 1 saturated heterocycles. The Hall–Kier alpha value is -0.220. The maximum atomic E-state index is 12.7. The third-order valence-electron chi connectivity index (χ3n) is 2.87. The zero-order valence-corrected chi connectivity index (χ0v) is 6.97. The van der Waals surface area contributed by atoms with Gasteiger partial charge in [0.15, 0.2) is 0 Å². The van der Waals surface area contributed by atoms with Gasteiger partial charge in [-0.15, -0.1) is 0 Å². The molecule has 0 spiro atoms. The van der Waals surface area contributed by atoms with Crippen molar-refractivity contribution < 1.29 is 8.78 Å². The highest BCUT2D eigenvalue weighted by atomic mass is 19.3. The second-order valence-corrected chi connectivity index (χ2v) is 3.96. The summed E-state index contributed by atoms with van der Waals surface area (Å²) in [7, 11) is 0. The minimum Gasteiger partial charge on any atom is -0.328 e. The summed E-state index contributed by atoms with van der Waals surface area (Å²) in [6.45, 7) is 0.495. The number of nitrogens with zero attached hydrogens (tertiary/aromatic N) is 1. The largest absolute Gasteiger partial charge is 0.328 e. The molecule has 2 N–H and O–H groups in total. The highest BCUT2D eigenvalue weighted by molar-refractivity contribution is 4.94. The Balaban J connectivity index is 1.84. The molecular formula is C8H14F2N2. The fraction of sp³-hybridized carbons (Fsp3) is 1.00. The molecule has 0 unspecified atom stereocenters. The molecule has 0 radical (unpaired) electrons. The van der Waals surface area contributed by atoms with Crippen LogP contribution in [0.2, 0.25) is 0 Å². The Morgan fingerprint density at radius 2 is 2.00 bits per heavy atom. The van der Waals surface area contributed by atoms with Gasteiger partial charge in [0.25, 0.3) is 5.92 Å². The van der Waals surface area contributed by atoms with Crippen molar-refractivity contribution in [2.24, 2.45) is 5.73 Å². The third kappa shape index (κ3) is 1.45. The Bertz CT molecular complexity index is 178. The number of rotatable bonds is 1. The van der Waals surface area contributed by atoms with Gasteiger partial charge in [0.05, 0.1) is 6.54 Å². The standard InChI is InChI=1S/C8H14F2N2/c9-8(10)1-2-12(5-8)7-3-6(11)4-7/h6-7H,1-5,11H2. The van der Waals surface area contributed by atoms with Crippen molar-refractivity contribution in [1.82, 2.24) is 4.90 Å². The molecule has 0 amide bonds. The summed E-state index contributed by atoms with van der Waals surface area (Å²) in [5, 5.41) is 0. The van der Waals surface area contributed by atoms with Crippen LogP contribution >= 0.6 is 0 Å². The Kier molecular flexibility index (Phi) is 1.84. The van der Waals surface area contributed by atoms with Gasteiger partial charge in [0.1, 0.15) is 0 Å². The second kappa shape index (κ2) is 2.64. The van der Waals surface area contributed by atoms with Gasteiger partial charge >= 0.3 is 0 Å². The van der Waals surface area contributed by atoms with E-state index in [0.29, 0.717) is 12.6 Å². The van der Waals surface area contributed by atoms with Crippen molar-refractivity contribution in [2.45, 2.75) is 37.3 Å². The van der Waals surface area contributed by atoms with Gasteiger partial charge in [0.2, 0.25) is 0 Å². The molecule has 0 aromatic rings. The molecule has 2 rings (SSSR count). The molecule has 2 fully saturated rings. The molecule has 12 heavy (non-hydrogen) atoms. The summed E-state index contributed by atoms with van der Waals surface area (Å²) in [5.74, 6) is -2.44. The average molecular weight is 176 g/mol.